The number of aliphatic hydroxyl groups excluding tert-OH is 2. The fourth-order valence-corrected chi connectivity index (χ4v) is 11.4. The number of hydrogen-bond donors (Lipinski definition) is 3. The Hall–Kier alpha value is -1.07. The molecule has 0 radical (unpaired) electrons. The topological polar surface area (TPSA) is 124 Å². The van der Waals surface area contributed by atoms with Crippen LogP contribution in [0.1, 0.15) is 107 Å². The molecule has 1 heterocycles. The summed E-state index contributed by atoms with van der Waals surface area (Å²) in [7, 11) is 0. The molecule has 10 heteroatoms. The van der Waals surface area contributed by atoms with Gasteiger partial charge in [0.2, 0.25) is 0 Å². The van der Waals surface area contributed by atoms with Crippen molar-refractivity contribution in [1.82, 2.24) is 5.32 Å². The van der Waals surface area contributed by atoms with Crippen molar-refractivity contribution in [2.75, 3.05) is 19.0 Å². The molecule has 5 rings (SSSR count). The highest BCUT2D eigenvalue weighted by Gasteiger charge is 2.74. The number of esters is 1. The van der Waals surface area contributed by atoms with E-state index in [9.17, 15) is 19.8 Å². The number of rotatable bonds is 6. The van der Waals surface area contributed by atoms with Gasteiger partial charge >= 0.3 is 12.1 Å². The molecule has 0 aromatic heterocycles. The Morgan fingerprint density at radius 2 is 1.71 bits per heavy atom. The molecule has 2 bridgehead atoms. The van der Waals surface area contributed by atoms with E-state index in [0.29, 0.717) is 44.8 Å². The normalized spacial score (nSPS) is 44.5. The van der Waals surface area contributed by atoms with Crippen LogP contribution in [0.2, 0.25) is 0 Å². The van der Waals surface area contributed by atoms with E-state index in [4.69, 9.17) is 18.9 Å². The first-order valence-corrected chi connectivity index (χ1v) is 18.6. The number of alkyl carbamates (subject to hydrolysis) is 1. The minimum absolute atomic E-state index is 0.00804. The Balaban J connectivity index is 1.31. The first-order chi connectivity index (χ1) is 21.1. The van der Waals surface area contributed by atoms with E-state index in [0.717, 1.165) is 25.7 Å². The second-order valence-corrected chi connectivity index (χ2v) is 17.5. The van der Waals surface area contributed by atoms with Crippen molar-refractivity contribution in [3.05, 3.63) is 0 Å². The molecule has 0 aromatic carbocycles. The predicted molar refractivity (Wildman–Crippen MR) is 174 cm³/mol. The maximum atomic E-state index is 13.7. The third-order valence-corrected chi connectivity index (χ3v) is 14.1. The molecule has 258 valence electrons. The van der Waals surface area contributed by atoms with Crippen LogP contribution in [-0.4, -0.2) is 82.2 Å². The Kier molecular flexibility index (Phi) is 10.3. The van der Waals surface area contributed by atoms with Gasteiger partial charge in [-0.25, -0.2) is 4.79 Å². The molecule has 45 heavy (non-hydrogen) atoms. The Morgan fingerprint density at radius 1 is 1.02 bits per heavy atom. The minimum atomic E-state index is -0.703. The SMILES string of the molecule is CC[C@H]1C[C@H](OC(=O)CS[C@@H]2CC[C@@H](NC(=O)OC(C)(C)C)C[C@H]2O)[C@]2(C)[C@H](C)[C@@H](C)C[C@]3(CCC4(OCCO4)[C@H]32)[C@@H](C)[C@@H]1O. The molecule has 1 spiro atoms. The monoisotopic (exact) mass is 653 g/mol. The van der Waals surface area contributed by atoms with Gasteiger partial charge in [0.05, 0.1) is 31.2 Å². The fraction of sp³-hybridized carbons (Fsp3) is 0.943. The van der Waals surface area contributed by atoms with Crippen molar-refractivity contribution >= 4 is 23.8 Å². The zero-order chi connectivity index (χ0) is 32.9. The second-order valence-electron chi connectivity index (χ2n) is 16.2. The summed E-state index contributed by atoms with van der Waals surface area (Å²) in [4.78, 5) is 25.9. The Morgan fingerprint density at radius 3 is 2.33 bits per heavy atom. The van der Waals surface area contributed by atoms with Crippen LogP contribution in [0.25, 0.3) is 0 Å². The highest BCUT2D eigenvalue weighted by Crippen LogP contribution is 2.73. The average molecular weight is 654 g/mol. The molecule has 1 saturated heterocycles. The first-order valence-electron chi connectivity index (χ1n) is 17.5. The van der Waals surface area contributed by atoms with Crippen molar-refractivity contribution in [2.45, 2.75) is 148 Å². The van der Waals surface area contributed by atoms with Crippen molar-refractivity contribution < 1.29 is 38.7 Å². The van der Waals surface area contributed by atoms with Crippen molar-refractivity contribution in [3.8, 4) is 0 Å². The molecule has 0 unspecified atom stereocenters. The van der Waals surface area contributed by atoms with Crippen molar-refractivity contribution in [3.63, 3.8) is 0 Å². The Bertz CT molecular complexity index is 1080. The van der Waals surface area contributed by atoms with Crippen LogP contribution in [0.15, 0.2) is 0 Å². The molecular formula is C35H59NO8S. The number of thioether (sulfide) groups is 1. The number of aliphatic hydroxyl groups is 2. The maximum Gasteiger partial charge on any atom is 0.407 e. The van der Waals surface area contributed by atoms with Gasteiger partial charge in [0, 0.05) is 29.0 Å². The first kappa shape index (κ1) is 35.2. The molecular weight excluding hydrogens is 594 g/mol. The van der Waals surface area contributed by atoms with E-state index in [2.05, 4.69) is 39.9 Å². The number of amides is 1. The summed E-state index contributed by atoms with van der Waals surface area (Å²) in [6.45, 7) is 17.9. The number of nitrogens with one attached hydrogen (secondary N) is 1. The maximum absolute atomic E-state index is 13.7. The highest BCUT2D eigenvalue weighted by atomic mass is 32.2. The molecule has 5 fully saturated rings. The van der Waals surface area contributed by atoms with Gasteiger partial charge in [-0.3, -0.25) is 4.79 Å². The van der Waals surface area contributed by atoms with E-state index in [1.165, 1.54) is 11.8 Å². The van der Waals surface area contributed by atoms with Gasteiger partial charge < -0.3 is 34.5 Å². The molecule has 9 nitrogen and oxygen atoms in total. The standard InChI is InChI=1S/C35H59NO8S/c1-9-23-16-27(43-28(38)19-45-26-11-10-24(17-25(26)37)36-31(40)44-32(5,6)7)33(8)21(3)20(2)18-34(22(4)29(23)39)12-13-35(30(33)34)41-14-15-42-35/h20-27,29-30,37,39H,9-19H2,1-8H3,(H,36,40)/t20-,21+,22-,23-,24+,25+,26+,27-,29-,30-,33-,34+/m0/s1. The zero-order valence-corrected chi connectivity index (χ0v) is 29.6. The van der Waals surface area contributed by atoms with E-state index >= 15 is 0 Å². The van der Waals surface area contributed by atoms with Crippen LogP contribution in [0.5, 0.6) is 0 Å². The summed E-state index contributed by atoms with van der Waals surface area (Å²) in [6.07, 6.45) is 4.00. The smallest absolute Gasteiger partial charge is 0.407 e. The van der Waals surface area contributed by atoms with Gasteiger partial charge in [0.1, 0.15) is 11.7 Å². The molecule has 0 aromatic rings. The molecule has 4 saturated carbocycles. The Labute approximate surface area is 274 Å². The summed E-state index contributed by atoms with van der Waals surface area (Å²) in [6, 6.07) is -0.165. The molecule has 1 aliphatic heterocycles. The summed E-state index contributed by atoms with van der Waals surface area (Å²) < 4.78 is 25.0. The largest absolute Gasteiger partial charge is 0.461 e. The van der Waals surface area contributed by atoms with Crippen LogP contribution in [0, 0.1) is 40.4 Å². The third-order valence-electron chi connectivity index (χ3n) is 12.7. The van der Waals surface area contributed by atoms with Gasteiger partial charge in [-0.1, -0.05) is 41.0 Å². The van der Waals surface area contributed by atoms with Crippen molar-refractivity contribution in [2.24, 2.45) is 40.4 Å². The van der Waals surface area contributed by atoms with Gasteiger partial charge in [-0.2, -0.15) is 0 Å². The van der Waals surface area contributed by atoms with Crippen molar-refractivity contribution in [1.29, 1.82) is 0 Å². The summed E-state index contributed by atoms with van der Waals surface area (Å²) in [5, 5.41) is 25.6. The van der Waals surface area contributed by atoms with E-state index in [1.807, 2.05) is 20.8 Å². The molecule has 1 amide bonds. The lowest BCUT2D eigenvalue weighted by atomic mass is 9.42. The molecule has 4 aliphatic carbocycles. The van der Waals surface area contributed by atoms with E-state index < -0.39 is 35.1 Å². The summed E-state index contributed by atoms with van der Waals surface area (Å²) in [5.41, 5.74) is -1.14. The highest BCUT2D eigenvalue weighted by molar-refractivity contribution is 8.00. The average Bonchev–Trinajstić information content (AvgIpc) is 3.56. The summed E-state index contributed by atoms with van der Waals surface area (Å²) in [5.74, 6) is -0.0560. The second kappa shape index (κ2) is 13.1. The minimum Gasteiger partial charge on any atom is -0.461 e. The predicted octanol–water partition coefficient (Wildman–Crippen LogP) is 5.69. The van der Waals surface area contributed by atoms with Gasteiger partial charge in [-0.15, -0.1) is 11.8 Å². The molecule has 12 atom stereocenters. The zero-order valence-electron chi connectivity index (χ0n) is 28.8. The lowest BCUT2D eigenvalue weighted by Gasteiger charge is -2.64. The number of ether oxygens (including phenoxy) is 4. The quantitative estimate of drug-likeness (QED) is 0.311. The number of carbonyl (C=O) groups excluding carboxylic acids is 2. The number of carbonyl (C=O) groups is 2. The number of hydrogen-bond acceptors (Lipinski definition) is 9. The fourth-order valence-electron chi connectivity index (χ4n) is 10.3. The lowest BCUT2D eigenvalue weighted by molar-refractivity contribution is -0.287. The van der Waals surface area contributed by atoms with Crippen LogP contribution >= 0.6 is 11.8 Å². The van der Waals surface area contributed by atoms with Crippen LogP contribution in [0.3, 0.4) is 0 Å². The van der Waals surface area contributed by atoms with E-state index in [1.54, 1.807) is 0 Å². The van der Waals surface area contributed by atoms with Gasteiger partial charge in [-0.05, 0) is 88.4 Å². The van der Waals surface area contributed by atoms with E-state index in [-0.39, 0.29) is 58.2 Å². The summed E-state index contributed by atoms with van der Waals surface area (Å²) >= 11 is 1.44. The van der Waals surface area contributed by atoms with Gasteiger partial charge in [0.15, 0.2) is 5.79 Å². The van der Waals surface area contributed by atoms with Gasteiger partial charge in [0.25, 0.3) is 0 Å². The third kappa shape index (κ3) is 6.53. The molecule has 3 N–H and O–H groups in total. The lowest BCUT2D eigenvalue weighted by Crippen LogP contribution is -2.66. The molecule has 5 aliphatic rings. The van der Waals surface area contributed by atoms with Crippen LogP contribution in [-0.2, 0) is 23.7 Å². The van der Waals surface area contributed by atoms with Crippen LogP contribution in [0.4, 0.5) is 4.79 Å². The van der Waals surface area contributed by atoms with Crippen LogP contribution < -0.4 is 5.32 Å².